The van der Waals surface area contributed by atoms with Crippen molar-refractivity contribution in [3.8, 4) is 0 Å². The second-order valence-electron chi connectivity index (χ2n) is 8.50. The molecule has 0 aliphatic carbocycles. The van der Waals surface area contributed by atoms with Crippen LogP contribution in [0, 0.1) is 5.41 Å². The third-order valence-corrected chi connectivity index (χ3v) is 5.56. The molecule has 1 saturated heterocycles. The maximum Gasteiger partial charge on any atom is 0.325 e. The van der Waals surface area contributed by atoms with Gasteiger partial charge >= 0.3 is 12.0 Å². The zero-order valence-electron chi connectivity index (χ0n) is 21.3. The highest BCUT2D eigenvalue weighted by Crippen LogP contribution is 2.29. The Balaban J connectivity index is 0.00000118. The summed E-state index contributed by atoms with van der Waals surface area (Å²) in [5, 5.41) is 20.3. The van der Waals surface area contributed by atoms with Crippen LogP contribution in [-0.4, -0.2) is 58.8 Å². The largest absolute Gasteiger partial charge is 0.481 e. The molecule has 4 amide bonds. The van der Waals surface area contributed by atoms with Gasteiger partial charge in [-0.3, -0.25) is 29.5 Å². The molecule has 0 radical (unpaired) electrons. The van der Waals surface area contributed by atoms with E-state index in [9.17, 15) is 19.2 Å². The zero-order valence-corrected chi connectivity index (χ0v) is 21.3. The van der Waals surface area contributed by atoms with Crippen LogP contribution in [-0.2, 0) is 29.5 Å². The van der Waals surface area contributed by atoms with Crippen LogP contribution in [0.5, 0.6) is 0 Å². The quantitative estimate of drug-likeness (QED) is 0.141. The standard InChI is InChI=1S/C24H27N5O5.C2H4O2/c1-3-34-20(31)13-18(15-7-5-4-6-8-15)27-19(30)14-29-22(32)24(2,28-23(29)33)17-11-9-16(10-12-17)21(25)26;1-2(3)4/h4-12,18H,3,13-14H2,1-2H3,(H3,25,26)(H,27,30)(H,28,33);1H3,(H,3,4)/t18-,24-;/m0./s1. The smallest absolute Gasteiger partial charge is 0.325 e. The predicted molar refractivity (Wildman–Crippen MR) is 137 cm³/mol. The highest BCUT2D eigenvalue weighted by molar-refractivity contribution is 6.09. The van der Waals surface area contributed by atoms with E-state index in [0.717, 1.165) is 11.8 Å². The SMILES string of the molecule is CC(=O)O.CCOC(=O)C[C@H](NC(=O)CN1C(=O)N[C@@](C)(c2ccc(C(=N)N)cc2)C1=O)c1ccccc1. The summed E-state index contributed by atoms with van der Waals surface area (Å²) >= 11 is 0. The first-order chi connectivity index (χ1) is 17.9. The average Bonchev–Trinajstić information content (AvgIpc) is 3.07. The van der Waals surface area contributed by atoms with E-state index in [-0.39, 0.29) is 18.9 Å². The Bertz CT molecular complexity index is 1200. The summed E-state index contributed by atoms with van der Waals surface area (Å²) in [6.45, 7) is 4.01. The van der Waals surface area contributed by atoms with Gasteiger partial charge < -0.3 is 26.2 Å². The Morgan fingerprint density at radius 1 is 1.13 bits per heavy atom. The lowest BCUT2D eigenvalue weighted by molar-refractivity contribution is -0.144. The Hall–Kier alpha value is -4.74. The molecule has 2 atom stereocenters. The molecule has 2 aromatic carbocycles. The van der Waals surface area contributed by atoms with Crippen LogP contribution in [0.3, 0.4) is 0 Å². The van der Waals surface area contributed by atoms with Gasteiger partial charge in [-0.1, -0.05) is 54.6 Å². The lowest BCUT2D eigenvalue weighted by Gasteiger charge is -2.23. The summed E-state index contributed by atoms with van der Waals surface area (Å²) in [6, 6.07) is 13.9. The predicted octanol–water partition coefficient (Wildman–Crippen LogP) is 1.64. The molecule has 3 rings (SSSR count). The number of carbonyl (C=O) groups excluding carboxylic acids is 4. The number of hydrogen-bond acceptors (Lipinski definition) is 7. The molecular weight excluding hydrogens is 494 g/mol. The Kier molecular flexibility index (Phi) is 10.1. The number of amides is 4. The lowest BCUT2D eigenvalue weighted by Crippen LogP contribution is -2.44. The normalized spacial score (nSPS) is 17.0. The van der Waals surface area contributed by atoms with Crippen molar-refractivity contribution in [1.29, 1.82) is 5.41 Å². The topological polar surface area (TPSA) is 192 Å². The fourth-order valence-electron chi connectivity index (χ4n) is 3.73. The van der Waals surface area contributed by atoms with Gasteiger partial charge in [0.15, 0.2) is 0 Å². The number of carboxylic acids is 1. The number of amidine groups is 1. The summed E-state index contributed by atoms with van der Waals surface area (Å²) in [5.41, 5.74) is 5.75. The molecule has 2 aromatic rings. The molecular formula is C26H31N5O7. The molecule has 12 heteroatoms. The molecule has 0 bridgehead atoms. The fourth-order valence-corrected chi connectivity index (χ4v) is 3.73. The van der Waals surface area contributed by atoms with E-state index in [4.69, 9.17) is 25.8 Å². The van der Waals surface area contributed by atoms with Crippen molar-refractivity contribution in [2.45, 2.75) is 38.8 Å². The maximum atomic E-state index is 13.1. The lowest BCUT2D eigenvalue weighted by atomic mass is 9.91. The van der Waals surface area contributed by atoms with Crippen LogP contribution < -0.4 is 16.4 Å². The highest BCUT2D eigenvalue weighted by Gasteiger charge is 2.49. The van der Waals surface area contributed by atoms with E-state index < -0.39 is 47.9 Å². The summed E-state index contributed by atoms with van der Waals surface area (Å²) in [7, 11) is 0. The summed E-state index contributed by atoms with van der Waals surface area (Å²) < 4.78 is 5.00. The molecule has 202 valence electrons. The number of nitrogen functional groups attached to an aromatic ring is 1. The number of ether oxygens (including phenoxy) is 1. The van der Waals surface area contributed by atoms with Crippen molar-refractivity contribution in [2.24, 2.45) is 5.73 Å². The average molecular weight is 526 g/mol. The Morgan fingerprint density at radius 3 is 2.24 bits per heavy atom. The number of urea groups is 1. The van der Waals surface area contributed by atoms with Crippen LogP contribution in [0.1, 0.15) is 49.9 Å². The van der Waals surface area contributed by atoms with Crippen molar-refractivity contribution >= 4 is 35.6 Å². The van der Waals surface area contributed by atoms with Gasteiger partial charge in [0.2, 0.25) is 5.91 Å². The molecule has 6 N–H and O–H groups in total. The second-order valence-corrected chi connectivity index (χ2v) is 8.50. The molecule has 1 aliphatic rings. The molecule has 38 heavy (non-hydrogen) atoms. The molecule has 1 fully saturated rings. The zero-order chi connectivity index (χ0) is 28.5. The minimum Gasteiger partial charge on any atom is -0.481 e. The number of hydrogen-bond donors (Lipinski definition) is 5. The van der Waals surface area contributed by atoms with Crippen molar-refractivity contribution < 1.29 is 33.8 Å². The first-order valence-electron chi connectivity index (χ1n) is 11.7. The van der Waals surface area contributed by atoms with Crippen LogP contribution in [0.25, 0.3) is 0 Å². The number of rotatable bonds is 9. The van der Waals surface area contributed by atoms with Gasteiger partial charge in [-0.2, -0.15) is 0 Å². The third kappa shape index (κ3) is 7.63. The first-order valence-corrected chi connectivity index (χ1v) is 11.7. The van der Waals surface area contributed by atoms with E-state index in [1.165, 1.54) is 0 Å². The van der Waals surface area contributed by atoms with Crippen LogP contribution in [0.4, 0.5) is 4.79 Å². The molecule has 0 spiro atoms. The van der Waals surface area contributed by atoms with Crippen molar-refractivity contribution in [3.63, 3.8) is 0 Å². The van der Waals surface area contributed by atoms with Gasteiger partial charge in [-0.25, -0.2) is 4.79 Å². The molecule has 0 aromatic heterocycles. The number of esters is 1. The van der Waals surface area contributed by atoms with Gasteiger partial charge in [0.25, 0.3) is 11.9 Å². The van der Waals surface area contributed by atoms with Crippen LogP contribution >= 0.6 is 0 Å². The number of nitrogens with one attached hydrogen (secondary N) is 3. The number of carbonyl (C=O) groups is 5. The Labute approximate surface area is 219 Å². The van der Waals surface area contributed by atoms with Crippen molar-refractivity contribution in [1.82, 2.24) is 15.5 Å². The van der Waals surface area contributed by atoms with E-state index in [0.29, 0.717) is 16.7 Å². The van der Waals surface area contributed by atoms with Gasteiger partial charge in [0, 0.05) is 12.5 Å². The maximum absolute atomic E-state index is 13.1. The molecule has 1 aliphatic heterocycles. The third-order valence-electron chi connectivity index (χ3n) is 5.56. The monoisotopic (exact) mass is 525 g/mol. The van der Waals surface area contributed by atoms with Gasteiger partial charge in [0.1, 0.15) is 17.9 Å². The minimum absolute atomic E-state index is 0.0933. The van der Waals surface area contributed by atoms with Gasteiger partial charge in [-0.05, 0) is 25.0 Å². The van der Waals surface area contributed by atoms with Gasteiger partial charge in [0.05, 0.1) is 19.1 Å². The molecule has 0 saturated carbocycles. The summed E-state index contributed by atoms with van der Waals surface area (Å²) in [4.78, 5) is 60.4. The van der Waals surface area contributed by atoms with Crippen molar-refractivity contribution in [3.05, 3.63) is 71.3 Å². The summed E-state index contributed by atoms with van der Waals surface area (Å²) in [5.74, 6) is -2.62. The summed E-state index contributed by atoms with van der Waals surface area (Å²) in [6.07, 6.45) is -0.0933. The van der Waals surface area contributed by atoms with E-state index in [2.05, 4.69) is 10.6 Å². The number of nitrogens with two attached hydrogens (primary N) is 1. The molecule has 12 nitrogen and oxygen atoms in total. The van der Waals surface area contributed by atoms with E-state index in [1.807, 2.05) is 6.07 Å². The van der Waals surface area contributed by atoms with E-state index in [1.54, 1.807) is 62.4 Å². The molecule has 1 heterocycles. The van der Waals surface area contributed by atoms with Crippen LogP contribution in [0.15, 0.2) is 54.6 Å². The number of aliphatic carboxylic acids is 1. The minimum atomic E-state index is -1.38. The Morgan fingerprint density at radius 2 is 1.71 bits per heavy atom. The van der Waals surface area contributed by atoms with Crippen molar-refractivity contribution in [2.75, 3.05) is 13.2 Å². The fraction of sp³-hybridized carbons (Fsp3) is 0.308. The van der Waals surface area contributed by atoms with Crippen LogP contribution in [0.2, 0.25) is 0 Å². The number of carboxylic acid groups (broad SMARTS) is 1. The second kappa shape index (κ2) is 13.0. The van der Waals surface area contributed by atoms with Gasteiger partial charge in [-0.15, -0.1) is 0 Å². The number of nitrogens with zero attached hydrogens (tertiary/aromatic N) is 1. The number of imide groups is 1. The first kappa shape index (κ1) is 29.5. The molecule has 0 unspecified atom stereocenters. The van der Waals surface area contributed by atoms with E-state index >= 15 is 0 Å². The highest BCUT2D eigenvalue weighted by atomic mass is 16.5. The number of benzene rings is 2.